The van der Waals surface area contributed by atoms with Crippen molar-refractivity contribution in [1.29, 1.82) is 0 Å². The van der Waals surface area contributed by atoms with Crippen LogP contribution in [0.4, 0.5) is 67.4 Å². The average molecular weight is 1070 g/mol. The number of alkyl halides is 6. The number of benzene rings is 2. The molecule has 25 heteroatoms. The standard InChI is InChI=1S/C26H27F5N8.C23H20F5N7.C2H6/c1-15-33-24-18(27)10-17(11-21(24)39(15)14-26(29,30)31)23-19(28)12-32-25(36-23)35-22-5-4-16-13-38(9-8-37(2)3)7-6-20(16)34-22;1-11(23(26,27)28)35-12(2)31-21-15(24)7-14(8-18(21)35)20-16(25)10-30-22(34-20)33-19-4-3-13-9-29-6-5-17(13)32-19;1-2/h4-5,10-12H,6-9,13-14H2,1-3H3,(H,32,34,35,36);3-4,7-8,10-11,29H,5-6,9H2,1-2H3,(H,30,32,33,34);1-2H3. The van der Waals surface area contributed by atoms with Crippen molar-refractivity contribution < 1.29 is 43.9 Å². The van der Waals surface area contributed by atoms with Crippen LogP contribution in [-0.2, 0) is 32.5 Å². The van der Waals surface area contributed by atoms with E-state index in [0.717, 1.165) is 115 Å². The molecule has 15 nitrogen and oxygen atoms in total. The van der Waals surface area contributed by atoms with Crippen LogP contribution in [0, 0.1) is 37.1 Å². The van der Waals surface area contributed by atoms with Gasteiger partial charge in [0.2, 0.25) is 11.9 Å². The number of anilines is 4. The summed E-state index contributed by atoms with van der Waals surface area (Å²) in [5.41, 5.74) is 2.77. The number of nitrogens with zero attached hydrogens (tertiary/aromatic N) is 12. The highest BCUT2D eigenvalue weighted by atomic mass is 19.4. The molecule has 0 amide bonds. The van der Waals surface area contributed by atoms with Crippen molar-refractivity contribution in [2.75, 3.05) is 50.9 Å². The molecule has 2 aliphatic rings. The third-order valence-corrected chi connectivity index (χ3v) is 12.5. The molecule has 2 aromatic carbocycles. The van der Waals surface area contributed by atoms with Crippen LogP contribution in [0.2, 0.25) is 0 Å². The number of aromatic nitrogens is 10. The van der Waals surface area contributed by atoms with Gasteiger partial charge in [0.25, 0.3) is 0 Å². The number of hydrogen-bond acceptors (Lipinski definition) is 13. The summed E-state index contributed by atoms with van der Waals surface area (Å²) in [5, 5.41) is 9.13. The first-order chi connectivity index (χ1) is 36.1. The maximum Gasteiger partial charge on any atom is 0.408 e. The van der Waals surface area contributed by atoms with Gasteiger partial charge in [-0.25, -0.2) is 57.4 Å². The van der Waals surface area contributed by atoms with E-state index in [2.05, 4.69) is 65.6 Å². The quantitative estimate of drug-likeness (QED) is 0.105. The number of aryl methyl sites for hydroxylation is 2. The van der Waals surface area contributed by atoms with Crippen molar-refractivity contribution >= 4 is 45.6 Å². The van der Waals surface area contributed by atoms with E-state index >= 15 is 0 Å². The van der Waals surface area contributed by atoms with E-state index in [1.54, 1.807) is 12.1 Å². The highest BCUT2D eigenvalue weighted by Crippen LogP contribution is 2.37. The van der Waals surface area contributed by atoms with Gasteiger partial charge in [0.15, 0.2) is 23.3 Å². The predicted octanol–water partition coefficient (Wildman–Crippen LogP) is 10.7. The number of pyridine rings is 2. The molecular weight excluding hydrogens is 1010 g/mol. The Labute approximate surface area is 429 Å². The summed E-state index contributed by atoms with van der Waals surface area (Å²) in [6, 6.07) is 9.95. The number of nitrogens with one attached hydrogen (secondary N) is 3. The lowest BCUT2D eigenvalue weighted by molar-refractivity contribution is -0.162. The molecule has 1 atom stereocenters. The van der Waals surface area contributed by atoms with Gasteiger partial charge in [0.05, 0.1) is 23.4 Å². The molecule has 0 fully saturated rings. The Kier molecular flexibility index (Phi) is 16.2. The van der Waals surface area contributed by atoms with Gasteiger partial charge in [-0.1, -0.05) is 26.0 Å². The summed E-state index contributed by atoms with van der Waals surface area (Å²) in [4.78, 5) is 37.8. The van der Waals surface area contributed by atoms with Gasteiger partial charge in [-0.15, -0.1) is 0 Å². The van der Waals surface area contributed by atoms with Gasteiger partial charge in [-0.05, 0) is 82.4 Å². The van der Waals surface area contributed by atoms with E-state index in [0.29, 0.717) is 11.6 Å². The van der Waals surface area contributed by atoms with Crippen molar-refractivity contribution in [2.24, 2.45) is 0 Å². The highest BCUT2D eigenvalue weighted by molar-refractivity contribution is 5.84. The molecule has 6 aromatic heterocycles. The molecule has 0 bridgehead atoms. The number of rotatable bonds is 11. The van der Waals surface area contributed by atoms with Crippen LogP contribution in [-0.4, -0.2) is 111 Å². The van der Waals surface area contributed by atoms with Crippen LogP contribution in [0.25, 0.3) is 44.6 Å². The first kappa shape index (κ1) is 54.9. The minimum Gasteiger partial charge on any atom is -0.319 e. The molecule has 1 unspecified atom stereocenters. The van der Waals surface area contributed by atoms with E-state index in [1.807, 2.05) is 40.1 Å². The average Bonchev–Trinajstić information content (AvgIpc) is 3.90. The Balaban J connectivity index is 0.000000196. The third-order valence-electron chi connectivity index (χ3n) is 12.5. The second-order valence-corrected chi connectivity index (χ2v) is 18.1. The largest absolute Gasteiger partial charge is 0.408 e. The number of likely N-dealkylation sites (N-methyl/N-ethyl adjacent to an activating group) is 1. The molecule has 2 aliphatic heterocycles. The summed E-state index contributed by atoms with van der Waals surface area (Å²) < 4.78 is 141. The zero-order valence-corrected chi connectivity index (χ0v) is 42.4. The van der Waals surface area contributed by atoms with E-state index in [9.17, 15) is 43.9 Å². The van der Waals surface area contributed by atoms with Crippen molar-refractivity contribution in [3.8, 4) is 22.5 Å². The van der Waals surface area contributed by atoms with Gasteiger partial charge in [0, 0.05) is 74.6 Å². The molecule has 8 heterocycles. The van der Waals surface area contributed by atoms with Crippen LogP contribution >= 0.6 is 0 Å². The lowest BCUT2D eigenvalue weighted by Crippen LogP contribution is -2.36. The van der Waals surface area contributed by atoms with E-state index < -0.39 is 48.2 Å². The van der Waals surface area contributed by atoms with Crippen LogP contribution in [0.1, 0.15) is 61.0 Å². The zero-order valence-electron chi connectivity index (χ0n) is 42.4. The molecule has 3 N–H and O–H groups in total. The van der Waals surface area contributed by atoms with Crippen LogP contribution in [0.5, 0.6) is 0 Å². The summed E-state index contributed by atoms with van der Waals surface area (Å²) >= 11 is 0. The van der Waals surface area contributed by atoms with Crippen molar-refractivity contribution in [3.63, 3.8) is 0 Å². The van der Waals surface area contributed by atoms with Crippen molar-refractivity contribution in [1.82, 2.24) is 64.1 Å². The number of imidazole rings is 2. The summed E-state index contributed by atoms with van der Waals surface area (Å²) in [7, 11) is 4.08. The first-order valence-corrected chi connectivity index (χ1v) is 24.2. The Morgan fingerprint density at radius 2 is 1.21 bits per heavy atom. The SMILES string of the molecule is CC.Cc1nc2c(F)cc(-c3nc(Nc4ccc5c(n4)CCN(CCN(C)C)C5)ncc3F)cc2n1CC(F)(F)F.Cc1nc2c(F)cc(-c3nc(Nc4ccc5c(n4)CCNC5)ncc3F)cc2n1C(C)C(F)(F)F. The third kappa shape index (κ3) is 12.3. The molecule has 76 heavy (non-hydrogen) atoms. The van der Waals surface area contributed by atoms with Crippen molar-refractivity contribution in [2.45, 2.75) is 85.5 Å². The van der Waals surface area contributed by atoms with E-state index in [4.69, 9.17) is 0 Å². The topological polar surface area (TPSA) is 156 Å². The maximum atomic E-state index is 14.9. The van der Waals surface area contributed by atoms with Crippen LogP contribution < -0.4 is 16.0 Å². The summed E-state index contributed by atoms with van der Waals surface area (Å²) in [5.74, 6) is -2.55. The summed E-state index contributed by atoms with van der Waals surface area (Å²) in [6.07, 6.45) is -5.77. The fourth-order valence-corrected chi connectivity index (χ4v) is 8.83. The number of hydrogen-bond donors (Lipinski definition) is 3. The number of fused-ring (bicyclic) bond motifs is 4. The molecule has 0 spiro atoms. The molecule has 402 valence electrons. The normalized spacial score (nSPS) is 14.2. The molecule has 0 radical (unpaired) electrons. The molecular formula is C51H53F10N15. The van der Waals surface area contributed by atoms with Gasteiger partial charge in [-0.3, -0.25) is 4.90 Å². The fourth-order valence-electron chi connectivity index (χ4n) is 8.83. The van der Waals surface area contributed by atoms with Crippen LogP contribution in [0.3, 0.4) is 0 Å². The van der Waals surface area contributed by atoms with Gasteiger partial charge in [-0.2, -0.15) is 26.3 Å². The lowest BCUT2D eigenvalue weighted by atomic mass is 10.1. The maximum absolute atomic E-state index is 14.9. The Morgan fingerprint density at radius 1 is 0.671 bits per heavy atom. The monoisotopic (exact) mass is 1070 g/mol. The smallest absolute Gasteiger partial charge is 0.319 e. The zero-order chi connectivity index (χ0) is 54.8. The highest BCUT2D eigenvalue weighted by Gasteiger charge is 2.39. The Bertz CT molecular complexity index is 3390. The van der Waals surface area contributed by atoms with E-state index in [1.165, 1.54) is 26.0 Å². The lowest BCUT2D eigenvalue weighted by Gasteiger charge is -2.29. The van der Waals surface area contributed by atoms with Crippen LogP contribution in [0.15, 0.2) is 60.9 Å². The van der Waals surface area contributed by atoms with Gasteiger partial charge < -0.3 is 30.0 Å². The first-order valence-electron chi connectivity index (χ1n) is 24.2. The minimum atomic E-state index is -4.58. The van der Waals surface area contributed by atoms with Crippen molar-refractivity contribution in [3.05, 3.63) is 118 Å². The second-order valence-electron chi connectivity index (χ2n) is 18.1. The Morgan fingerprint density at radius 3 is 1.78 bits per heavy atom. The minimum absolute atomic E-state index is 0.0108. The molecule has 8 aromatic rings. The van der Waals surface area contributed by atoms with E-state index in [-0.39, 0.29) is 68.1 Å². The van der Waals surface area contributed by atoms with Gasteiger partial charge >= 0.3 is 12.4 Å². The molecule has 0 saturated heterocycles. The molecule has 0 saturated carbocycles. The molecule has 0 aliphatic carbocycles. The Hall–Kier alpha value is -7.38. The van der Waals surface area contributed by atoms with Gasteiger partial charge in [0.1, 0.15) is 58.3 Å². The fraction of sp³-hybridized carbons (Fsp3) is 0.373. The molecule has 10 rings (SSSR count). The second kappa shape index (κ2) is 22.5. The summed E-state index contributed by atoms with van der Waals surface area (Å²) in [6.45, 7) is 11.4. The number of halogens is 10. The predicted molar refractivity (Wildman–Crippen MR) is 267 cm³/mol.